The van der Waals surface area contributed by atoms with Crippen molar-refractivity contribution in [3.8, 4) is 0 Å². The number of amides is 2. The van der Waals surface area contributed by atoms with E-state index in [1.807, 2.05) is 0 Å². The van der Waals surface area contributed by atoms with E-state index in [9.17, 15) is 9.59 Å². The van der Waals surface area contributed by atoms with Crippen LogP contribution >= 0.6 is 11.3 Å². The number of carboxylic acid groups (broad SMARTS) is 1. The van der Waals surface area contributed by atoms with Crippen LogP contribution in [0.25, 0.3) is 0 Å². The van der Waals surface area contributed by atoms with Gasteiger partial charge in [0.1, 0.15) is 5.01 Å². The topological polar surface area (TPSA) is 113 Å². The molecule has 0 aliphatic rings. The van der Waals surface area contributed by atoms with Crippen molar-refractivity contribution in [2.45, 2.75) is 13.0 Å². The zero-order valence-electron chi connectivity index (χ0n) is 9.26. The molecule has 94 valence electrons. The Balaban J connectivity index is 2.37. The minimum Gasteiger partial charge on any atom is -0.479 e. The van der Waals surface area contributed by atoms with Crippen LogP contribution in [0, 0.1) is 6.92 Å². The molecule has 0 aliphatic heterocycles. The Labute approximate surface area is 101 Å². The van der Waals surface area contributed by atoms with Crippen LogP contribution in [0.2, 0.25) is 0 Å². The van der Waals surface area contributed by atoms with E-state index in [4.69, 9.17) is 5.11 Å². The second kappa shape index (κ2) is 6.11. The zero-order chi connectivity index (χ0) is 12.8. The summed E-state index contributed by atoms with van der Waals surface area (Å²) in [7, 11) is 1.26. The molecule has 0 aromatic carbocycles. The largest absolute Gasteiger partial charge is 0.479 e. The molecule has 0 aliphatic carbocycles. The first-order chi connectivity index (χ1) is 8.02. The van der Waals surface area contributed by atoms with Crippen molar-refractivity contribution in [2.24, 2.45) is 0 Å². The summed E-state index contributed by atoms with van der Waals surface area (Å²) in [6.45, 7) is 1.63. The molecule has 1 aromatic rings. The van der Waals surface area contributed by atoms with Crippen molar-refractivity contribution in [3.05, 3.63) is 5.01 Å². The summed E-state index contributed by atoms with van der Waals surface area (Å²) in [5.74, 6) is -1.14. The first kappa shape index (κ1) is 13.3. The number of ether oxygens (including phenoxy) is 1. The molecule has 0 bridgehead atoms. The Kier molecular flexibility index (Phi) is 4.79. The predicted molar refractivity (Wildman–Crippen MR) is 60.1 cm³/mol. The Morgan fingerprint density at radius 2 is 2.24 bits per heavy atom. The van der Waals surface area contributed by atoms with Gasteiger partial charge in [-0.25, -0.2) is 9.59 Å². The number of anilines is 1. The van der Waals surface area contributed by atoms with Gasteiger partial charge in [-0.1, -0.05) is 11.3 Å². The molecule has 0 radical (unpaired) electrons. The molecule has 0 saturated carbocycles. The van der Waals surface area contributed by atoms with Crippen molar-refractivity contribution in [1.29, 1.82) is 0 Å². The maximum Gasteiger partial charge on any atom is 0.334 e. The molecule has 1 atom stereocenters. The van der Waals surface area contributed by atoms with Gasteiger partial charge in [-0.2, -0.15) is 0 Å². The first-order valence-electron chi connectivity index (χ1n) is 4.63. The van der Waals surface area contributed by atoms with E-state index in [1.54, 1.807) is 6.92 Å². The van der Waals surface area contributed by atoms with Gasteiger partial charge in [-0.15, -0.1) is 10.2 Å². The Morgan fingerprint density at radius 1 is 1.53 bits per heavy atom. The Bertz CT molecular complexity index is 408. The van der Waals surface area contributed by atoms with Gasteiger partial charge in [-0.3, -0.25) is 5.32 Å². The third kappa shape index (κ3) is 4.33. The van der Waals surface area contributed by atoms with Crippen LogP contribution in [0.5, 0.6) is 0 Å². The highest BCUT2D eigenvalue weighted by Crippen LogP contribution is 2.12. The van der Waals surface area contributed by atoms with E-state index in [0.29, 0.717) is 5.13 Å². The minimum atomic E-state index is -1.14. The Morgan fingerprint density at radius 3 is 2.71 bits per heavy atom. The summed E-state index contributed by atoms with van der Waals surface area (Å²) in [4.78, 5) is 21.9. The fourth-order valence-electron chi connectivity index (χ4n) is 0.945. The van der Waals surface area contributed by atoms with E-state index in [-0.39, 0.29) is 6.54 Å². The van der Waals surface area contributed by atoms with E-state index in [2.05, 4.69) is 25.6 Å². The van der Waals surface area contributed by atoms with E-state index >= 15 is 0 Å². The summed E-state index contributed by atoms with van der Waals surface area (Å²) in [6, 6.07) is -0.551. The number of carboxylic acids is 1. The van der Waals surface area contributed by atoms with Gasteiger partial charge in [-0.05, 0) is 6.92 Å². The van der Waals surface area contributed by atoms with E-state index in [1.165, 1.54) is 18.4 Å². The number of urea groups is 1. The highest BCUT2D eigenvalue weighted by atomic mass is 32.1. The number of carbonyl (C=O) groups is 2. The summed E-state index contributed by atoms with van der Waals surface area (Å²) >= 11 is 1.22. The van der Waals surface area contributed by atoms with Crippen LogP contribution < -0.4 is 10.6 Å². The van der Waals surface area contributed by atoms with Crippen molar-refractivity contribution in [1.82, 2.24) is 15.5 Å². The van der Waals surface area contributed by atoms with Gasteiger partial charge in [0.05, 0.1) is 6.54 Å². The van der Waals surface area contributed by atoms with Crippen LogP contribution in [0.4, 0.5) is 9.93 Å². The number of aromatic nitrogens is 2. The van der Waals surface area contributed by atoms with Crippen LogP contribution in [0.3, 0.4) is 0 Å². The summed E-state index contributed by atoms with van der Waals surface area (Å²) in [5.41, 5.74) is 0. The van der Waals surface area contributed by atoms with Gasteiger partial charge in [0.25, 0.3) is 0 Å². The second-order valence-corrected chi connectivity index (χ2v) is 4.21. The van der Waals surface area contributed by atoms with Crippen LogP contribution in [0.15, 0.2) is 0 Å². The maximum atomic E-state index is 11.3. The average molecular weight is 260 g/mol. The molecule has 8 nitrogen and oxygen atoms in total. The van der Waals surface area contributed by atoms with Crippen LogP contribution in [-0.4, -0.2) is 47.1 Å². The number of nitrogens with one attached hydrogen (secondary N) is 2. The average Bonchev–Trinajstić information content (AvgIpc) is 2.64. The molecule has 1 rings (SSSR count). The van der Waals surface area contributed by atoms with Gasteiger partial charge >= 0.3 is 12.0 Å². The van der Waals surface area contributed by atoms with Crippen molar-refractivity contribution in [2.75, 3.05) is 19.0 Å². The molecule has 2 amide bonds. The molecular formula is C8H12N4O4S. The van der Waals surface area contributed by atoms with Crippen LogP contribution in [0.1, 0.15) is 5.01 Å². The minimum absolute atomic E-state index is 0.130. The summed E-state index contributed by atoms with van der Waals surface area (Å²) in [6.07, 6.45) is -1.07. The third-order valence-corrected chi connectivity index (χ3v) is 2.51. The maximum absolute atomic E-state index is 11.3. The lowest BCUT2D eigenvalue weighted by Gasteiger charge is -2.11. The summed E-state index contributed by atoms with van der Waals surface area (Å²) in [5, 5.41) is 21.9. The molecule has 1 unspecified atom stereocenters. The molecule has 1 aromatic heterocycles. The van der Waals surface area contributed by atoms with E-state index in [0.717, 1.165) is 5.01 Å². The monoisotopic (exact) mass is 260 g/mol. The predicted octanol–water partition coefficient (Wildman–Crippen LogP) is 0.0676. The number of carbonyl (C=O) groups excluding carboxylic acids is 1. The van der Waals surface area contributed by atoms with Crippen LogP contribution in [-0.2, 0) is 9.53 Å². The smallest absolute Gasteiger partial charge is 0.334 e. The first-order valence-corrected chi connectivity index (χ1v) is 5.45. The molecule has 9 heteroatoms. The van der Waals surface area contributed by atoms with Crippen molar-refractivity contribution >= 4 is 28.5 Å². The molecule has 0 saturated heterocycles. The number of nitrogens with zero attached hydrogens (tertiary/aromatic N) is 2. The standard InChI is InChI=1S/C8H12N4O4S/c1-4-11-12-8(17-4)10-7(15)9-3-5(16-2)6(13)14/h5H,3H2,1-2H3,(H,13,14)(H2,9,10,12,15). The zero-order valence-corrected chi connectivity index (χ0v) is 10.1. The molecule has 1 heterocycles. The Hall–Kier alpha value is -1.74. The lowest BCUT2D eigenvalue weighted by Crippen LogP contribution is -2.39. The number of hydrogen-bond acceptors (Lipinski definition) is 6. The number of hydrogen-bond donors (Lipinski definition) is 3. The molecule has 0 fully saturated rings. The van der Waals surface area contributed by atoms with Gasteiger partial charge in [0, 0.05) is 7.11 Å². The highest BCUT2D eigenvalue weighted by Gasteiger charge is 2.17. The van der Waals surface area contributed by atoms with Crippen molar-refractivity contribution in [3.63, 3.8) is 0 Å². The number of aryl methyl sites for hydroxylation is 1. The lowest BCUT2D eigenvalue weighted by molar-refractivity contribution is -0.147. The van der Waals surface area contributed by atoms with Gasteiger partial charge in [0.15, 0.2) is 6.10 Å². The lowest BCUT2D eigenvalue weighted by atomic mass is 10.3. The quantitative estimate of drug-likeness (QED) is 0.690. The SMILES string of the molecule is COC(CNC(=O)Nc1nnc(C)s1)C(=O)O. The molecule has 17 heavy (non-hydrogen) atoms. The van der Waals surface area contributed by atoms with Gasteiger partial charge < -0.3 is 15.2 Å². The summed E-state index contributed by atoms with van der Waals surface area (Å²) < 4.78 is 4.65. The fraction of sp³-hybridized carbons (Fsp3) is 0.500. The third-order valence-electron chi connectivity index (χ3n) is 1.75. The number of aliphatic carboxylic acids is 1. The second-order valence-electron chi connectivity index (χ2n) is 3.02. The van der Waals surface area contributed by atoms with Crippen molar-refractivity contribution < 1.29 is 19.4 Å². The fourth-order valence-corrected chi connectivity index (χ4v) is 1.53. The number of methoxy groups -OCH3 is 1. The van der Waals surface area contributed by atoms with E-state index < -0.39 is 18.1 Å². The molecule has 0 spiro atoms. The highest BCUT2D eigenvalue weighted by molar-refractivity contribution is 7.15. The van der Waals surface area contributed by atoms with Gasteiger partial charge in [0.2, 0.25) is 5.13 Å². The molecular weight excluding hydrogens is 248 g/mol. The normalized spacial score (nSPS) is 11.9. The number of rotatable bonds is 5. The molecule has 3 N–H and O–H groups in total.